The van der Waals surface area contributed by atoms with Crippen molar-refractivity contribution < 1.29 is 14.1 Å². The highest BCUT2D eigenvalue weighted by molar-refractivity contribution is 6.62. The molecule has 0 radical (unpaired) electrons. The molecule has 0 spiro atoms. The Bertz CT molecular complexity index is 524. The van der Waals surface area contributed by atoms with E-state index in [-0.39, 0.29) is 17.1 Å². The van der Waals surface area contributed by atoms with Gasteiger partial charge in [0.1, 0.15) is 0 Å². The van der Waals surface area contributed by atoms with Crippen LogP contribution in [0.15, 0.2) is 18.2 Å². The van der Waals surface area contributed by atoms with Crippen LogP contribution in [0.5, 0.6) is 0 Å². The highest BCUT2D eigenvalue weighted by atomic mass is 16.7. The van der Waals surface area contributed by atoms with E-state index >= 15 is 0 Å². The van der Waals surface area contributed by atoms with Crippen LogP contribution in [0.3, 0.4) is 0 Å². The number of aryl methyl sites for hydroxylation is 1. The van der Waals surface area contributed by atoms with Crippen molar-refractivity contribution in [2.45, 2.75) is 45.8 Å². The first-order chi connectivity index (χ1) is 9.18. The van der Waals surface area contributed by atoms with E-state index in [0.717, 1.165) is 11.0 Å². The lowest BCUT2D eigenvalue weighted by Crippen LogP contribution is -2.41. The van der Waals surface area contributed by atoms with Gasteiger partial charge in [-0.1, -0.05) is 11.6 Å². The molecule has 1 aliphatic heterocycles. The van der Waals surface area contributed by atoms with Crippen LogP contribution < -0.4 is 10.8 Å². The fraction of sp³-hybridized carbons (Fsp3) is 0.533. The van der Waals surface area contributed by atoms with Crippen LogP contribution in [0.4, 0.5) is 0 Å². The van der Waals surface area contributed by atoms with Crippen molar-refractivity contribution in [3.8, 4) is 0 Å². The maximum atomic E-state index is 11.6. The van der Waals surface area contributed by atoms with Crippen molar-refractivity contribution in [3.05, 3.63) is 29.3 Å². The summed E-state index contributed by atoms with van der Waals surface area (Å²) < 4.78 is 12.1. The minimum absolute atomic E-state index is 0.0893. The molecule has 1 aliphatic rings. The SMILES string of the molecule is CNC(=O)c1ccc(B2OC(C)(C)C(C)(C)O2)c(C)c1. The van der Waals surface area contributed by atoms with Crippen molar-refractivity contribution in [2.75, 3.05) is 7.05 Å². The number of hydrogen-bond donors (Lipinski definition) is 1. The topological polar surface area (TPSA) is 47.6 Å². The number of carbonyl (C=O) groups is 1. The minimum atomic E-state index is -0.390. The van der Waals surface area contributed by atoms with Gasteiger partial charge in [0.25, 0.3) is 5.91 Å². The summed E-state index contributed by atoms with van der Waals surface area (Å²) in [7, 11) is 1.23. The van der Waals surface area contributed by atoms with Gasteiger partial charge in [-0.15, -0.1) is 0 Å². The van der Waals surface area contributed by atoms with Crippen molar-refractivity contribution in [1.29, 1.82) is 0 Å². The summed E-state index contributed by atoms with van der Waals surface area (Å²) >= 11 is 0. The van der Waals surface area contributed by atoms with Gasteiger partial charge in [-0.3, -0.25) is 4.79 Å². The summed E-state index contributed by atoms with van der Waals surface area (Å²) in [5.74, 6) is -0.0893. The molecular formula is C15H22BNO3. The molecular weight excluding hydrogens is 253 g/mol. The molecule has 1 aromatic carbocycles. The zero-order valence-corrected chi connectivity index (χ0v) is 13.0. The van der Waals surface area contributed by atoms with Crippen LogP contribution in [0.25, 0.3) is 0 Å². The van der Waals surface area contributed by atoms with E-state index in [0.29, 0.717) is 5.56 Å². The fourth-order valence-corrected chi connectivity index (χ4v) is 2.20. The molecule has 5 heteroatoms. The summed E-state index contributed by atoms with van der Waals surface area (Å²) in [6.45, 7) is 10.1. The molecule has 0 aliphatic carbocycles. The maximum Gasteiger partial charge on any atom is 0.495 e. The number of rotatable bonds is 2. The average molecular weight is 275 g/mol. The van der Waals surface area contributed by atoms with Crippen LogP contribution in [-0.2, 0) is 9.31 Å². The lowest BCUT2D eigenvalue weighted by Gasteiger charge is -2.32. The first-order valence-corrected chi connectivity index (χ1v) is 6.86. The Morgan fingerprint density at radius 1 is 1.15 bits per heavy atom. The molecule has 1 fully saturated rings. The van der Waals surface area contributed by atoms with Gasteiger partial charge in [-0.2, -0.15) is 0 Å². The summed E-state index contributed by atoms with van der Waals surface area (Å²) in [5.41, 5.74) is 1.89. The third-order valence-electron chi connectivity index (χ3n) is 4.27. The van der Waals surface area contributed by atoms with E-state index < -0.39 is 7.12 Å². The molecule has 1 amide bonds. The number of hydrogen-bond acceptors (Lipinski definition) is 3. The Balaban J connectivity index is 2.30. The van der Waals surface area contributed by atoms with Gasteiger partial charge in [0.05, 0.1) is 11.2 Å². The Kier molecular flexibility index (Phi) is 3.69. The van der Waals surface area contributed by atoms with Crippen molar-refractivity contribution >= 4 is 18.5 Å². The van der Waals surface area contributed by atoms with Crippen LogP contribution >= 0.6 is 0 Å². The Morgan fingerprint density at radius 2 is 1.70 bits per heavy atom. The highest BCUT2D eigenvalue weighted by Crippen LogP contribution is 2.36. The second-order valence-corrected chi connectivity index (χ2v) is 6.24. The molecule has 0 atom stereocenters. The van der Waals surface area contributed by atoms with Gasteiger partial charge in [0.15, 0.2) is 0 Å². The molecule has 1 N–H and O–H groups in total. The first-order valence-electron chi connectivity index (χ1n) is 6.86. The quantitative estimate of drug-likeness (QED) is 0.835. The zero-order valence-electron chi connectivity index (χ0n) is 13.0. The third-order valence-corrected chi connectivity index (χ3v) is 4.27. The Morgan fingerprint density at radius 3 is 2.15 bits per heavy atom. The maximum absolute atomic E-state index is 11.6. The van der Waals surface area contributed by atoms with Crippen molar-refractivity contribution in [1.82, 2.24) is 5.32 Å². The molecule has 4 nitrogen and oxygen atoms in total. The van der Waals surface area contributed by atoms with Crippen LogP contribution in [0, 0.1) is 6.92 Å². The number of carbonyl (C=O) groups excluding carboxylic acids is 1. The zero-order chi connectivity index (χ0) is 15.1. The molecule has 2 rings (SSSR count). The van der Waals surface area contributed by atoms with Crippen LogP contribution in [-0.4, -0.2) is 31.3 Å². The van der Waals surface area contributed by atoms with Crippen molar-refractivity contribution in [2.24, 2.45) is 0 Å². The van der Waals surface area contributed by atoms with E-state index in [1.54, 1.807) is 13.1 Å². The molecule has 1 aromatic rings. The lowest BCUT2D eigenvalue weighted by atomic mass is 9.76. The summed E-state index contributed by atoms with van der Waals surface area (Å²) in [5, 5.41) is 2.62. The van der Waals surface area contributed by atoms with E-state index in [2.05, 4.69) is 5.32 Å². The Hall–Kier alpha value is -1.33. The molecule has 0 unspecified atom stereocenters. The van der Waals surface area contributed by atoms with Gasteiger partial charge >= 0.3 is 7.12 Å². The number of benzene rings is 1. The Labute approximate surface area is 121 Å². The van der Waals surface area contributed by atoms with E-state index in [4.69, 9.17) is 9.31 Å². The standard InChI is InChI=1S/C15H22BNO3/c1-10-9-11(13(18)17-6)7-8-12(10)16-19-14(2,3)15(4,5)20-16/h7-9H,1-6H3,(H,17,18). The predicted molar refractivity (Wildman–Crippen MR) is 80.3 cm³/mol. The normalized spacial score (nSPS) is 20.0. The molecule has 0 bridgehead atoms. The van der Waals surface area contributed by atoms with Crippen LogP contribution in [0.2, 0.25) is 0 Å². The summed E-state index contributed by atoms with van der Waals surface area (Å²) in [6, 6.07) is 5.56. The van der Waals surface area contributed by atoms with E-state index in [9.17, 15) is 4.79 Å². The van der Waals surface area contributed by atoms with Crippen LogP contribution in [0.1, 0.15) is 43.6 Å². The monoisotopic (exact) mass is 275 g/mol. The fourth-order valence-electron chi connectivity index (χ4n) is 2.20. The number of nitrogens with one attached hydrogen (secondary N) is 1. The molecule has 1 heterocycles. The van der Waals surface area contributed by atoms with Gasteiger partial charge in [-0.05, 0) is 52.2 Å². The van der Waals surface area contributed by atoms with Gasteiger partial charge < -0.3 is 14.6 Å². The third kappa shape index (κ3) is 2.48. The van der Waals surface area contributed by atoms with Gasteiger partial charge in [0.2, 0.25) is 0 Å². The lowest BCUT2D eigenvalue weighted by molar-refractivity contribution is 0.00578. The molecule has 20 heavy (non-hydrogen) atoms. The second-order valence-electron chi connectivity index (χ2n) is 6.24. The number of amides is 1. The molecule has 0 saturated carbocycles. The summed E-state index contributed by atoms with van der Waals surface area (Å²) in [6.07, 6.45) is 0. The summed E-state index contributed by atoms with van der Waals surface area (Å²) in [4.78, 5) is 11.6. The van der Waals surface area contributed by atoms with Gasteiger partial charge in [-0.25, -0.2) is 0 Å². The average Bonchev–Trinajstić information content (AvgIpc) is 2.57. The molecule has 1 saturated heterocycles. The van der Waals surface area contributed by atoms with E-state index in [1.807, 2.05) is 46.8 Å². The molecule has 108 valence electrons. The first kappa shape index (κ1) is 15.1. The highest BCUT2D eigenvalue weighted by Gasteiger charge is 2.52. The predicted octanol–water partition coefficient (Wildman–Crippen LogP) is 1.65. The second kappa shape index (κ2) is 4.90. The largest absolute Gasteiger partial charge is 0.495 e. The smallest absolute Gasteiger partial charge is 0.399 e. The van der Waals surface area contributed by atoms with E-state index in [1.165, 1.54) is 0 Å². The van der Waals surface area contributed by atoms with Crippen molar-refractivity contribution in [3.63, 3.8) is 0 Å². The van der Waals surface area contributed by atoms with Gasteiger partial charge in [0, 0.05) is 12.6 Å². The minimum Gasteiger partial charge on any atom is -0.399 e. The molecule has 0 aromatic heterocycles.